The zero-order chi connectivity index (χ0) is 12.4. The van der Waals surface area contributed by atoms with Crippen LogP contribution < -0.4 is 10.6 Å². The summed E-state index contributed by atoms with van der Waals surface area (Å²) in [7, 11) is 1.83. The van der Waals surface area contributed by atoms with Crippen LogP contribution >= 0.6 is 0 Å². The lowest BCUT2D eigenvalue weighted by Crippen LogP contribution is -2.12. The Morgan fingerprint density at radius 3 is 3.06 bits per heavy atom. The van der Waals surface area contributed by atoms with E-state index in [1.807, 2.05) is 19.2 Å². The lowest BCUT2D eigenvalue weighted by Gasteiger charge is -2.01. The smallest absolute Gasteiger partial charge is 0.244 e. The van der Waals surface area contributed by atoms with E-state index in [9.17, 15) is 0 Å². The minimum Gasteiger partial charge on any atom is -0.373 e. The maximum atomic E-state index is 5.29. The lowest BCUT2D eigenvalue weighted by molar-refractivity contribution is 0.345. The molecule has 1 aliphatic rings. The highest BCUT2D eigenvalue weighted by Gasteiger charge is 2.22. The molecule has 0 aromatic carbocycles. The number of pyridine rings is 1. The van der Waals surface area contributed by atoms with Crippen LogP contribution in [-0.4, -0.2) is 28.7 Å². The number of hydrogen-bond donors (Lipinski definition) is 2. The van der Waals surface area contributed by atoms with Crippen molar-refractivity contribution in [2.75, 3.05) is 18.9 Å². The molecule has 1 aliphatic heterocycles. The highest BCUT2D eigenvalue weighted by atomic mass is 16.5. The molecule has 0 saturated carbocycles. The normalized spacial score (nSPS) is 19.1. The number of aromatic nitrogens is 3. The minimum absolute atomic E-state index is 0.204. The Morgan fingerprint density at radius 1 is 1.44 bits per heavy atom. The Labute approximate surface area is 105 Å². The van der Waals surface area contributed by atoms with Crippen LogP contribution in [0.2, 0.25) is 0 Å². The highest BCUT2D eigenvalue weighted by Crippen LogP contribution is 2.24. The molecule has 18 heavy (non-hydrogen) atoms. The average Bonchev–Trinajstić information content (AvgIpc) is 3.09. The second kappa shape index (κ2) is 4.73. The number of anilines is 1. The van der Waals surface area contributed by atoms with Gasteiger partial charge in [-0.15, -0.1) is 0 Å². The molecule has 2 aromatic rings. The Bertz CT molecular complexity index is 516. The summed E-state index contributed by atoms with van der Waals surface area (Å²) < 4.78 is 5.29. The third-order valence-electron chi connectivity index (χ3n) is 3.08. The molecule has 2 aromatic heterocycles. The van der Waals surface area contributed by atoms with Gasteiger partial charge in [-0.1, -0.05) is 5.16 Å². The van der Waals surface area contributed by atoms with Crippen LogP contribution in [-0.2, 0) is 0 Å². The van der Waals surface area contributed by atoms with E-state index in [0.717, 1.165) is 30.8 Å². The van der Waals surface area contributed by atoms with Gasteiger partial charge in [0.15, 0.2) is 0 Å². The Kier molecular flexibility index (Phi) is 2.93. The maximum absolute atomic E-state index is 5.29. The summed E-state index contributed by atoms with van der Waals surface area (Å²) >= 11 is 0. The molecule has 0 unspecified atom stereocenters. The van der Waals surface area contributed by atoms with Gasteiger partial charge in [0.25, 0.3) is 0 Å². The molecule has 3 heterocycles. The first-order chi connectivity index (χ1) is 8.86. The zero-order valence-corrected chi connectivity index (χ0v) is 10.2. The van der Waals surface area contributed by atoms with E-state index in [-0.39, 0.29) is 6.04 Å². The van der Waals surface area contributed by atoms with Crippen LogP contribution in [0, 0.1) is 0 Å². The summed E-state index contributed by atoms with van der Waals surface area (Å²) in [5.74, 6) is 2.08. The molecule has 1 atom stereocenters. The first-order valence-electron chi connectivity index (χ1n) is 6.08. The number of nitrogens with one attached hydrogen (secondary N) is 2. The Balaban J connectivity index is 1.82. The summed E-state index contributed by atoms with van der Waals surface area (Å²) in [6.07, 6.45) is 3.95. The fourth-order valence-corrected chi connectivity index (χ4v) is 2.06. The second-order valence-corrected chi connectivity index (χ2v) is 4.29. The first-order valence-corrected chi connectivity index (χ1v) is 6.08. The SMILES string of the molecule is CNc1ccc(-c2noc([C@@H]3CCCN3)n2)cn1. The quantitative estimate of drug-likeness (QED) is 0.855. The summed E-state index contributed by atoms with van der Waals surface area (Å²) in [6.45, 7) is 1.01. The van der Waals surface area contributed by atoms with Crippen molar-refractivity contribution in [3.8, 4) is 11.4 Å². The average molecular weight is 245 g/mol. The molecule has 1 saturated heterocycles. The van der Waals surface area contributed by atoms with Crippen molar-refractivity contribution >= 4 is 5.82 Å². The topological polar surface area (TPSA) is 75.9 Å². The molecule has 6 heteroatoms. The van der Waals surface area contributed by atoms with Crippen molar-refractivity contribution < 1.29 is 4.52 Å². The lowest BCUT2D eigenvalue weighted by atomic mass is 10.2. The molecule has 0 radical (unpaired) electrons. The standard InChI is InChI=1S/C12H15N5O/c1-13-10-5-4-8(7-15-10)11-16-12(18-17-11)9-3-2-6-14-9/h4-5,7,9,14H,2-3,6H2,1H3,(H,13,15)/t9-/m0/s1. The van der Waals surface area contributed by atoms with Crippen LogP contribution in [0.15, 0.2) is 22.9 Å². The number of nitrogens with zero attached hydrogens (tertiary/aromatic N) is 3. The van der Waals surface area contributed by atoms with E-state index < -0.39 is 0 Å². The summed E-state index contributed by atoms with van der Waals surface area (Å²) in [4.78, 5) is 8.65. The van der Waals surface area contributed by atoms with Crippen LogP contribution in [0.1, 0.15) is 24.8 Å². The molecule has 0 amide bonds. The molecule has 2 N–H and O–H groups in total. The number of rotatable bonds is 3. The Morgan fingerprint density at radius 2 is 2.39 bits per heavy atom. The van der Waals surface area contributed by atoms with Gasteiger partial charge in [0.1, 0.15) is 5.82 Å². The van der Waals surface area contributed by atoms with Gasteiger partial charge in [0.2, 0.25) is 11.7 Å². The van der Waals surface area contributed by atoms with E-state index >= 15 is 0 Å². The van der Waals surface area contributed by atoms with Gasteiger partial charge >= 0.3 is 0 Å². The third-order valence-corrected chi connectivity index (χ3v) is 3.08. The van der Waals surface area contributed by atoms with Crippen molar-refractivity contribution in [3.05, 3.63) is 24.2 Å². The molecular weight excluding hydrogens is 230 g/mol. The van der Waals surface area contributed by atoms with E-state index in [0.29, 0.717) is 11.7 Å². The highest BCUT2D eigenvalue weighted by molar-refractivity contribution is 5.55. The molecule has 3 rings (SSSR count). The van der Waals surface area contributed by atoms with Crippen LogP contribution in [0.4, 0.5) is 5.82 Å². The van der Waals surface area contributed by atoms with Gasteiger partial charge in [-0.3, -0.25) is 0 Å². The molecule has 6 nitrogen and oxygen atoms in total. The Hall–Kier alpha value is -1.95. The van der Waals surface area contributed by atoms with Crippen molar-refractivity contribution in [3.63, 3.8) is 0 Å². The van der Waals surface area contributed by atoms with E-state index in [1.54, 1.807) is 6.20 Å². The predicted octanol–water partition coefficient (Wildman–Crippen LogP) is 1.60. The zero-order valence-electron chi connectivity index (χ0n) is 10.2. The van der Waals surface area contributed by atoms with Gasteiger partial charge in [-0.05, 0) is 31.5 Å². The van der Waals surface area contributed by atoms with Crippen molar-refractivity contribution in [1.29, 1.82) is 0 Å². The summed E-state index contributed by atoms with van der Waals surface area (Å²) in [6, 6.07) is 4.02. The van der Waals surface area contributed by atoms with Crippen molar-refractivity contribution in [2.45, 2.75) is 18.9 Å². The van der Waals surface area contributed by atoms with Gasteiger partial charge in [0, 0.05) is 18.8 Å². The largest absolute Gasteiger partial charge is 0.373 e. The first kappa shape index (κ1) is 11.2. The second-order valence-electron chi connectivity index (χ2n) is 4.29. The summed E-state index contributed by atoms with van der Waals surface area (Å²) in [5.41, 5.74) is 0.863. The van der Waals surface area contributed by atoms with E-state index in [1.165, 1.54) is 0 Å². The fraction of sp³-hybridized carbons (Fsp3) is 0.417. The predicted molar refractivity (Wildman–Crippen MR) is 67.1 cm³/mol. The van der Waals surface area contributed by atoms with Gasteiger partial charge in [0.05, 0.1) is 6.04 Å². The van der Waals surface area contributed by atoms with Crippen LogP contribution in [0.25, 0.3) is 11.4 Å². The molecular formula is C12H15N5O. The molecule has 94 valence electrons. The molecule has 0 spiro atoms. The minimum atomic E-state index is 0.204. The maximum Gasteiger partial charge on any atom is 0.244 e. The van der Waals surface area contributed by atoms with E-state index in [2.05, 4.69) is 25.8 Å². The summed E-state index contributed by atoms with van der Waals surface area (Å²) in [5, 5.41) is 10.3. The van der Waals surface area contributed by atoms with Crippen LogP contribution in [0.3, 0.4) is 0 Å². The molecule has 0 bridgehead atoms. The van der Waals surface area contributed by atoms with Crippen molar-refractivity contribution in [2.24, 2.45) is 0 Å². The molecule has 1 fully saturated rings. The monoisotopic (exact) mass is 245 g/mol. The van der Waals surface area contributed by atoms with Gasteiger partial charge < -0.3 is 15.2 Å². The van der Waals surface area contributed by atoms with Crippen LogP contribution in [0.5, 0.6) is 0 Å². The fourth-order valence-electron chi connectivity index (χ4n) is 2.06. The van der Waals surface area contributed by atoms with E-state index in [4.69, 9.17) is 4.52 Å². The van der Waals surface area contributed by atoms with Gasteiger partial charge in [-0.25, -0.2) is 4.98 Å². The third kappa shape index (κ3) is 2.06. The van der Waals surface area contributed by atoms with Gasteiger partial charge in [-0.2, -0.15) is 4.98 Å². The number of hydrogen-bond acceptors (Lipinski definition) is 6. The van der Waals surface area contributed by atoms with Crippen molar-refractivity contribution in [1.82, 2.24) is 20.4 Å². The molecule has 0 aliphatic carbocycles.